The van der Waals surface area contributed by atoms with E-state index < -0.39 is 0 Å². The van der Waals surface area contributed by atoms with Crippen LogP contribution in [0.1, 0.15) is 28.8 Å². The average molecular weight is 340 g/mol. The maximum atomic E-state index is 12.0. The maximum Gasteiger partial charge on any atom is 0.323 e. The van der Waals surface area contributed by atoms with Crippen LogP contribution in [0.25, 0.3) is 0 Å². The van der Waals surface area contributed by atoms with Gasteiger partial charge in [0.05, 0.1) is 0 Å². The first-order chi connectivity index (χ1) is 9.49. The molecule has 20 heavy (non-hydrogen) atoms. The third-order valence-corrected chi connectivity index (χ3v) is 4.51. The number of Topliss-reactive ketones (excluding diaryl/α,β-unsaturated/α-hetero) is 1. The molecule has 2 rings (SSSR count). The van der Waals surface area contributed by atoms with Gasteiger partial charge in [-0.3, -0.25) is 14.5 Å². The predicted molar refractivity (Wildman–Crippen MR) is 79.8 cm³/mol. The van der Waals surface area contributed by atoms with Crippen molar-refractivity contribution in [2.45, 2.75) is 25.8 Å². The summed E-state index contributed by atoms with van der Waals surface area (Å²) < 4.78 is 6.10. The van der Waals surface area contributed by atoms with Crippen molar-refractivity contribution in [2.75, 3.05) is 20.2 Å². The summed E-state index contributed by atoms with van der Waals surface area (Å²) in [5, 5.41) is 0. The molecule has 0 radical (unpaired) electrons. The van der Waals surface area contributed by atoms with Gasteiger partial charge in [-0.05, 0) is 51.1 Å². The molecular formula is C15H18BrNO3. The number of hydrogen-bond donors (Lipinski definition) is 0. The number of ether oxygens (including phenoxy) is 1. The Balaban J connectivity index is 1.91. The highest BCUT2D eigenvalue weighted by atomic mass is 79.9. The summed E-state index contributed by atoms with van der Waals surface area (Å²) in [6.45, 7) is 2.63. The normalized spacial score (nSPS) is 19.1. The Hall–Kier alpha value is -1.20. The van der Waals surface area contributed by atoms with Crippen LogP contribution < -0.4 is 0 Å². The van der Waals surface area contributed by atoms with Crippen molar-refractivity contribution in [1.82, 2.24) is 4.90 Å². The zero-order valence-corrected chi connectivity index (χ0v) is 13.3. The lowest BCUT2D eigenvalue weighted by molar-refractivity contribution is -0.147. The first kappa shape index (κ1) is 15.2. The number of aryl methyl sites for hydroxylation is 1. The Morgan fingerprint density at radius 1 is 1.45 bits per heavy atom. The van der Waals surface area contributed by atoms with E-state index in [0.29, 0.717) is 5.56 Å². The van der Waals surface area contributed by atoms with Gasteiger partial charge in [-0.15, -0.1) is 0 Å². The number of rotatable bonds is 4. The second-order valence-electron chi connectivity index (χ2n) is 5.13. The number of likely N-dealkylation sites (tertiary alicyclic amines) is 1. The molecule has 1 aromatic carbocycles. The number of hydrogen-bond acceptors (Lipinski definition) is 4. The minimum absolute atomic E-state index is 0.172. The summed E-state index contributed by atoms with van der Waals surface area (Å²) in [5.74, 6) is -0.471. The summed E-state index contributed by atoms with van der Waals surface area (Å²) in [7, 11) is 1.90. The van der Waals surface area contributed by atoms with Gasteiger partial charge in [0.15, 0.2) is 12.4 Å². The molecule has 0 bridgehead atoms. The van der Waals surface area contributed by atoms with E-state index in [9.17, 15) is 9.59 Å². The molecule has 0 spiro atoms. The molecule has 4 nitrogen and oxygen atoms in total. The van der Waals surface area contributed by atoms with Gasteiger partial charge in [0.25, 0.3) is 0 Å². The highest BCUT2D eigenvalue weighted by Gasteiger charge is 2.29. The van der Waals surface area contributed by atoms with Gasteiger partial charge < -0.3 is 4.74 Å². The summed E-state index contributed by atoms with van der Waals surface area (Å²) >= 11 is 3.39. The van der Waals surface area contributed by atoms with Crippen molar-refractivity contribution in [3.63, 3.8) is 0 Å². The Bertz CT molecular complexity index is 530. The molecule has 1 saturated heterocycles. The van der Waals surface area contributed by atoms with Gasteiger partial charge in [0.1, 0.15) is 6.04 Å². The van der Waals surface area contributed by atoms with Gasteiger partial charge in [-0.2, -0.15) is 0 Å². The standard InChI is InChI=1S/C15H18BrNO3/c1-10-8-11(5-6-12(10)16)14(18)9-20-15(19)13-4-3-7-17(13)2/h5-6,8,13H,3-4,7,9H2,1-2H3/t13-/m0/s1. The van der Waals surface area contributed by atoms with Crippen LogP contribution in [0.3, 0.4) is 0 Å². The number of esters is 1. The Labute approximate surface area is 127 Å². The number of carbonyl (C=O) groups excluding carboxylic acids is 2. The summed E-state index contributed by atoms with van der Waals surface area (Å²) in [6, 6.07) is 5.15. The molecule has 0 N–H and O–H groups in total. The quantitative estimate of drug-likeness (QED) is 0.624. The molecule has 1 aliphatic heterocycles. The Kier molecular flexibility index (Phi) is 4.94. The van der Waals surface area contributed by atoms with E-state index in [1.54, 1.807) is 12.1 Å². The lowest BCUT2D eigenvalue weighted by Crippen LogP contribution is -2.35. The fourth-order valence-electron chi connectivity index (χ4n) is 2.34. The van der Waals surface area contributed by atoms with E-state index >= 15 is 0 Å². The highest BCUT2D eigenvalue weighted by Crippen LogP contribution is 2.18. The molecule has 1 aliphatic rings. The molecule has 0 unspecified atom stereocenters. The van der Waals surface area contributed by atoms with E-state index in [1.807, 2.05) is 24.9 Å². The first-order valence-corrected chi connectivity index (χ1v) is 7.44. The third kappa shape index (κ3) is 3.46. The number of ketones is 1. The summed E-state index contributed by atoms with van der Waals surface area (Å²) in [4.78, 5) is 25.9. The van der Waals surface area contributed by atoms with Crippen LogP contribution in [0.4, 0.5) is 0 Å². The number of nitrogens with zero attached hydrogens (tertiary/aromatic N) is 1. The lowest BCUT2D eigenvalue weighted by atomic mass is 10.1. The predicted octanol–water partition coefficient (Wildman–Crippen LogP) is 2.58. The van der Waals surface area contributed by atoms with Gasteiger partial charge in [0, 0.05) is 10.0 Å². The zero-order chi connectivity index (χ0) is 14.7. The monoisotopic (exact) mass is 339 g/mol. The molecule has 1 heterocycles. The van der Waals surface area contributed by atoms with Crippen LogP contribution in [0.15, 0.2) is 22.7 Å². The first-order valence-electron chi connectivity index (χ1n) is 6.65. The number of halogens is 1. The summed E-state index contributed by atoms with van der Waals surface area (Å²) in [6.07, 6.45) is 1.80. The largest absolute Gasteiger partial charge is 0.456 e. The second kappa shape index (κ2) is 6.50. The van der Waals surface area contributed by atoms with E-state index in [0.717, 1.165) is 29.4 Å². The van der Waals surface area contributed by atoms with E-state index in [2.05, 4.69) is 15.9 Å². The SMILES string of the molecule is Cc1cc(C(=O)COC(=O)[C@@H]2CCCN2C)ccc1Br. The Morgan fingerprint density at radius 2 is 2.20 bits per heavy atom. The van der Waals surface area contributed by atoms with Crippen molar-refractivity contribution in [1.29, 1.82) is 0 Å². The molecule has 5 heteroatoms. The number of carbonyl (C=O) groups is 2. The lowest BCUT2D eigenvalue weighted by Gasteiger charge is -2.17. The van der Waals surface area contributed by atoms with Gasteiger partial charge in [-0.1, -0.05) is 22.0 Å². The summed E-state index contributed by atoms with van der Waals surface area (Å²) in [5.41, 5.74) is 1.55. The van der Waals surface area contributed by atoms with Crippen LogP contribution in [-0.2, 0) is 9.53 Å². The fraction of sp³-hybridized carbons (Fsp3) is 0.467. The van der Waals surface area contributed by atoms with E-state index in [4.69, 9.17) is 4.74 Å². The minimum atomic E-state index is -0.299. The topological polar surface area (TPSA) is 46.6 Å². The van der Waals surface area contributed by atoms with Crippen LogP contribution >= 0.6 is 15.9 Å². The van der Waals surface area contributed by atoms with Gasteiger partial charge in [0.2, 0.25) is 0 Å². The molecule has 0 aromatic heterocycles. The van der Waals surface area contributed by atoms with E-state index in [1.165, 1.54) is 0 Å². The highest BCUT2D eigenvalue weighted by molar-refractivity contribution is 9.10. The smallest absolute Gasteiger partial charge is 0.323 e. The van der Waals surface area contributed by atoms with Crippen LogP contribution in [0.2, 0.25) is 0 Å². The zero-order valence-electron chi connectivity index (χ0n) is 11.7. The number of likely N-dealkylation sites (N-methyl/N-ethyl adjacent to an activating group) is 1. The van der Waals surface area contributed by atoms with Crippen molar-refractivity contribution in [2.24, 2.45) is 0 Å². The van der Waals surface area contributed by atoms with Gasteiger partial charge >= 0.3 is 5.97 Å². The van der Waals surface area contributed by atoms with Crippen molar-refractivity contribution < 1.29 is 14.3 Å². The second-order valence-corrected chi connectivity index (χ2v) is 5.99. The molecular weight excluding hydrogens is 322 g/mol. The van der Waals surface area contributed by atoms with Crippen LogP contribution in [0.5, 0.6) is 0 Å². The molecule has 1 atom stereocenters. The van der Waals surface area contributed by atoms with Crippen molar-refractivity contribution >= 4 is 27.7 Å². The Morgan fingerprint density at radius 3 is 2.80 bits per heavy atom. The fourth-order valence-corrected chi connectivity index (χ4v) is 2.59. The molecule has 1 fully saturated rings. The average Bonchev–Trinajstić information content (AvgIpc) is 2.85. The maximum absolute atomic E-state index is 12.0. The van der Waals surface area contributed by atoms with Gasteiger partial charge in [-0.25, -0.2) is 0 Å². The number of benzene rings is 1. The molecule has 0 amide bonds. The minimum Gasteiger partial charge on any atom is -0.456 e. The van der Waals surface area contributed by atoms with Crippen LogP contribution in [0, 0.1) is 6.92 Å². The molecule has 1 aromatic rings. The molecule has 108 valence electrons. The third-order valence-electron chi connectivity index (χ3n) is 3.62. The van der Waals surface area contributed by atoms with Crippen LogP contribution in [-0.4, -0.2) is 42.9 Å². The van der Waals surface area contributed by atoms with Crippen molar-refractivity contribution in [3.8, 4) is 0 Å². The van der Waals surface area contributed by atoms with E-state index in [-0.39, 0.29) is 24.4 Å². The molecule has 0 aliphatic carbocycles. The van der Waals surface area contributed by atoms with Crippen molar-refractivity contribution in [3.05, 3.63) is 33.8 Å². The molecule has 0 saturated carbocycles.